The molecule has 1 fully saturated rings. The van der Waals surface area contributed by atoms with Crippen LogP contribution < -0.4 is 5.32 Å². The van der Waals surface area contributed by atoms with Gasteiger partial charge in [-0.2, -0.15) is 18.0 Å². The molecule has 0 unspecified atom stereocenters. The van der Waals surface area contributed by atoms with Crippen molar-refractivity contribution in [1.82, 2.24) is 30.4 Å². The van der Waals surface area contributed by atoms with Crippen molar-refractivity contribution in [3.05, 3.63) is 30.3 Å². The summed E-state index contributed by atoms with van der Waals surface area (Å²) in [6.45, 7) is 0.520. The Hall–Kier alpha value is -2.49. The highest BCUT2D eigenvalue weighted by Gasteiger charge is 2.32. The standard InChI is InChI=1S/C18H23F3N6O/c19-18(20,21)13-26-10-7-14(8-11-26)6-9-22-16(28)12-27-24-17(23-25-27)15-4-2-1-3-5-15/h1-5,14H,6-13H2,(H,22,28). The molecule has 0 aliphatic carbocycles. The number of piperidine rings is 1. The molecule has 152 valence electrons. The lowest BCUT2D eigenvalue weighted by Crippen LogP contribution is -2.40. The predicted molar refractivity (Wildman–Crippen MR) is 96.1 cm³/mol. The number of hydrogen-bond acceptors (Lipinski definition) is 5. The zero-order valence-electron chi connectivity index (χ0n) is 15.4. The van der Waals surface area contributed by atoms with Crippen molar-refractivity contribution in [2.45, 2.75) is 32.0 Å². The summed E-state index contributed by atoms with van der Waals surface area (Å²) in [6.07, 6.45) is -1.95. The van der Waals surface area contributed by atoms with Crippen molar-refractivity contribution in [1.29, 1.82) is 0 Å². The lowest BCUT2D eigenvalue weighted by atomic mass is 9.93. The fraction of sp³-hybridized carbons (Fsp3) is 0.556. The first-order chi connectivity index (χ1) is 13.4. The Morgan fingerprint density at radius 2 is 1.89 bits per heavy atom. The molecule has 1 aromatic carbocycles. The molecule has 0 bridgehead atoms. The Bertz CT molecular complexity index is 756. The van der Waals surface area contributed by atoms with Gasteiger partial charge in [0.15, 0.2) is 0 Å². The second-order valence-electron chi connectivity index (χ2n) is 6.98. The van der Waals surface area contributed by atoms with Gasteiger partial charge in [0, 0.05) is 12.1 Å². The molecule has 0 radical (unpaired) electrons. The molecule has 2 aromatic rings. The van der Waals surface area contributed by atoms with E-state index in [1.165, 1.54) is 9.70 Å². The number of aromatic nitrogens is 4. The Kier molecular flexibility index (Phi) is 6.61. The third-order valence-electron chi connectivity index (χ3n) is 4.75. The zero-order chi connectivity index (χ0) is 20.0. The Labute approximate surface area is 160 Å². The summed E-state index contributed by atoms with van der Waals surface area (Å²) in [5.41, 5.74) is 0.825. The minimum Gasteiger partial charge on any atom is -0.354 e. The van der Waals surface area contributed by atoms with Crippen LogP contribution in [-0.2, 0) is 11.3 Å². The lowest BCUT2D eigenvalue weighted by Gasteiger charge is -2.32. The van der Waals surface area contributed by atoms with Gasteiger partial charge in [-0.1, -0.05) is 30.3 Å². The number of carbonyl (C=O) groups excluding carboxylic acids is 1. The summed E-state index contributed by atoms with van der Waals surface area (Å²) < 4.78 is 37.2. The number of halogens is 3. The van der Waals surface area contributed by atoms with Gasteiger partial charge < -0.3 is 5.32 Å². The zero-order valence-corrected chi connectivity index (χ0v) is 15.4. The fourth-order valence-corrected chi connectivity index (χ4v) is 3.30. The normalized spacial score (nSPS) is 16.2. The molecule has 0 spiro atoms. The number of alkyl halides is 3. The number of nitrogens with one attached hydrogen (secondary N) is 1. The van der Waals surface area contributed by atoms with E-state index in [-0.39, 0.29) is 12.5 Å². The molecule has 1 aliphatic heterocycles. The highest BCUT2D eigenvalue weighted by Crippen LogP contribution is 2.23. The average molecular weight is 396 g/mol. The van der Waals surface area contributed by atoms with E-state index in [0.717, 1.165) is 24.8 Å². The Balaban J connectivity index is 1.35. The number of amides is 1. The topological polar surface area (TPSA) is 75.9 Å². The van der Waals surface area contributed by atoms with Gasteiger partial charge in [-0.15, -0.1) is 10.2 Å². The number of likely N-dealkylation sites (tertiary alicyclic amines) is 1. The number of rotatable bonds is 7. The third kappa shape index (κ3) is 6.29. The summed E-state index contributed by atoms with van der Waals surface area (Å²) in [6, 6.07) is 9.36. The van der Waals surface area contributed by atoms with Crippen LogP contribution in [0.1, 0.15) is 19.3 Å². The van der Waals surface area contributed by atoms with E-state index >= 15 is 0 Å². The van der Waals surface area contributed by atoms with Crippen molar-refractivity contribution in [3.8, 4) is 11.4 Å². The monoisotopic (exact) mass is 396 g/mol. The van der Waals surface area contributed by atoms with Crippen LogP contribution in [0.5, 0.6) is 0 Å². The molecular weight excluding hydrogens is 373 g/mol. The molecule has 1 aromatic heterocycles. The van der Waals surface area contributed by atoms with Gasteiger partial charge in [0.25, 0.3) is 0 Å². The molecule has 1 N–H and O–H groups in total. The van der Waals surface area contributed by atoms with Gasteiger partial charge in [0.1, 0.15) is 6.54 Å². The van der Waals surface area contributed by atoms with Crippen LogP contribution in [0.25, 0.3) is 11.4 Å². The molecule has 28 heavy (non-hydrogen) atoms. The maximum atomic E-state index is 12.4. The molecular formula is C18H23F3N6O. The van der Waals surface area contributed by atoms with E-state index in [1.807, 2.05) is 30.3 Å². The summed E-state index contributed by atoms with van der Waals surface area (Å²) in [5, 5.41) is 14.8. The number of benzene rings is 1. The summed E-state index contributed by atoms with van der Waals surface area (Å²) in [4.78, 5) is 14.7. The molecule has 10 heteroatoms. The smallest absolute Gasteiger partial charge is 0.354 e. The quantitative estimate of drug-likeness (QED) is 0.776. The van der Waals surface area contributed by atoms with E-state index in [4.69, 9.17) is 0 Å². The first-order valence-electron chi connectivity index (χ1n) is 9.28. The number of carbonyl (C=O) groups is 1. The molecule has 1 saturated heterocycles. The molecule has 1 amide bonds. The van der Waals surface area contributed by atoms with Crippen LogP contribution in [0.4, 0.5) is 13.2 Å². The molecule has 0 saturated carbocycles. The number of nitrogens with zero attached hydrogens (tertiary/aromatic N) is 5. The molecule has 3 rings (SSSR count). The van der Waals surface area contributed by atoms with Crippen molar-refractivity contribution in [2.75, 3.05) is 26.2 Å². The van der Waals surface area contributed by atoms with E-state index in [1.54, 1.807) is 0 Å². The van der Waals surface area contributed by atoms with Gasteiger partial charge in [-0.05, 0) is 43.5 Å². The Morgan fingerprint density at radius 3 is 2.57 bits per heavy atom. The van der Waals surface area contributed by atoms with Crippen LogP contribution in [0.3, 0.4) is 0 Å². The lowest BCUT2D eigenvalue weighted by molar-refractivity contribution is -0.148. The average Bonchev–Trinajstić information content (AvgIpc) is 3.11. The van der Waals surface area contributed by atoms with Gasteiger partial charge in [0.05, 0.1) is 6.54 Å². The van der Waals surface area contributed by atoms with Crippen LogP contribution in [0.2, 0.25) is 0 Å². The summed E-state index contributed by atoms with van der Waals surface area (Å²) >= 11 is 0. The van der Waals surface area contributed by atoms with Crippen LogP contribution >= 0.6 is 0 Å². The molecule has 7 nitrogen and oxygen atoms in total. The molecule has 1 aliphatic rings. The van der Waals surface area contributed by atoms with Crippen LogP contribution in [0, 0.1) is 5.92 Å². The van der Waals surface area contributed by atoms with Gasteiger partial charge >= 0.3 is 6.18 Å². The number of hydrogen-bond donors (Lipinski definition) is 1. The molecule has 0 atom stereocenters. The minimum absolute atomic E-state index is 0.0239. The van der Waals surface area contributed by atoms with Crippen molar-refractivity contribution in [3.63, 3.8) is 0 Å². The number of tetrazole rings is 1. The SMILES string of the molecule is O=C(Cn1nnc(-c2ccccc2)n1)NCCC1CCN(CC(F)(F)F)CC1. The van der Waals surface area contributed by atoms with E-state index in [9.17, 15) is 18.0 Å². The first kappa shape index (κ1) is 20.2. The van der Waals surface area contributed by atoms with Gasteiger partial charge in [-0.3, -0.25) is 9.69 Å². The maximum Gasteiger partial charge on any atom is 0.401 e. The second kappa shape index (κ2) is 9.13. The van der Waals surface area contributed by atoms with E-state index < -0.39 is 12.7 Å². The van der Waals surface area contributed by atoms with Crippen molar-refractivity contribution < 1.29 is 18.0 Å². The maximum absolute atomic E-state index is 12.4. The van der Waals surface area contributed by atoms with Gasteiger partial charge in [-0.25, -0.2) is 0 Å². The summed E-state index contributed by atoms with van der Waals surface area (Å²) in [5.74, 6) is 0.574. The predicted octanol–water partition coefficient (Wildman–Crippen LogP) is 2.12. The second-order valence-corrected chi connectivity index (χ2v) is 6.98. The van der Waals surface area contributed by atoms with Crippen LogP contribution in [-0.4, -0.2) is 63.4 Å². The fourth-order valence-electron chi connectivity index (χ4n) is 3.30. The third-order valence-corrected chi connectivity index (χ3v) is 4.75. The summed E-state index contributed by atoms with van der Waals surface area (Å²) in [7, 11) is 0. The highest BCUT2D eigenvalue weighted by molar-refractivity contribution is 5.75. The largest absolute Gasteiger partial charge is 0.401 e. The van der Waals surface area contributed by atoms with E-state index in [2.05, 4.69) is 20.7 Å². The van der Waals surface area contributed by atoms with Gasteiger partial charge in [0.2, 0.25) is 11.7 Å². The Morgan fingerprint density at radius 1 is 1.18 bits per heavy atom. The highest BCUT2D eigenvalue weighted by atomic mass is 19.4. The minimum atomic E-state index is -4.14. The van der Waals surface area contributed by atoms with Crippen molar-refractivity contribution >= 4 is 5.91 Å². The van der Waals surface area contributed by atoms with Crippen LogP contribution in [0.15, 0.2) is 30.3 Å². The van der Waals surface area contributed by atoms with Crippen molar-refractivity contribution in [2.24, 2.45) is 5.92 Å². The first-order valence-corrected chi connectivity index (χ1v) is 9.28. The van der Waals surface area contributed by atoms with E-state index in [0.29, 0.717) is 31.4 Å². The molecule has 2 heterocycles.